The third-order valence-corrected chi connectivity index (χ3v) is 3.04. The maximum atomic E-state index is 12.4. The van der Waals surface area contributed by atoms with Gasteiger partial charge in [-0.3, -0.25) is 4.79 Å². The second-order valence-corrected chi connectivity index (χ2v) is 4.50. The molecule has 8 heteroatoms. The molecule has 0 aliphatic carbocycles. The van der Waals surface area contributed by atoms with E-state index in [0.29, 0.717) is 0 Å². The number of methoxy groups -OCH3 is 3. The van der Waals surface area contributed by atoms with Gasteiger partial charge in [-0.15, -0.1) is 0 Å². The van der Waals surface area contributed by atoms with Crippen molar-refractivity contribution in [3.63, 3.8) is 0 Å². The van der Waals surface area contributed by atoms with Crippen LogP contribution in [0.4, 0.5) is 0 Å². The van der Waals surface area contributed by atoms with Crippen LogP contribution >= 0.6 is 0 Å². The van der Waals surface area contributed by atoms with E-state index in [1.165, 1.54) is 0 Å². The molecule has 0 aromatic carbocycles. The largest absolute Gasteiger partial charge is 0.467 e. The number of hydrogen-bond acceptors (Lipinski definition) is 7. The van der Waals surface area contributed by atoms with Crippen molar-refractivity contribution in [3.05, 3.63) is 11.1 Å². The molecule has 116 valence electrons. The van der Waals surface area contributed by atoms with Crippen LogP contribution in [0.1, 0.15) is 13.8 Å². The Hall–Kier alpha value is -2.38. The summed E-state index contributed by atoms with van der Waals surface area (Å²) in [6.45, 7) is 3.28. The summed E-state index contributed by atoms with van der Waals surface area (Å²) >= 11 is 0. The average Bonchev–Trinajstić information content (AvgIpc) is 2.78. The number of nitrogens with zero attached hydrogens (tertiary/aromatic N) is 1. The minimum atomic E-state index is -1.33. The Labute approximate surface area is 121 Å². The molecule has 0 spiro atoms. The van der Waals surface area contributed by atoms with Crippen molar-refractivity contribution in [2.24, 2.45) is 0 Å². The van der Waals surface area contributed by atoms with Crippen molar-refractivity contribution in [3.8, 4) is 0 Å². The van der Waals surface area contributed by atoms with Crippen molar-refractivity contribution < 1.29 is 33.4 Å². The number of ether oxygens (including phenoxy) is 3. The van der Waals surface area contributed by atoms with Crippen LogP contribution in [0, 0.1) is 0 Å². The lowest BCUT2D eigenvalue weighted by atomic mass is 10.0. The molecule has 21 heavy (non-hydrogen) atoms. The smallest absolute Gasteiger partial charge is 0.344 e. The molecule has 0 saturated heterocycles. The molecule has 0 N–H and O–H groups in total. The van der Waals surface area contributed by atoms with Gasteiger partial charge in [0.05, 0.1) is 26.9 Å². The number of hydrogen-bond donors (Lipinski definition) is 0. The predicted molar refractivity (Wildman–Crippen MR) is 68.8 cm³/mol. The number of amides is 1. The normalized spacial score (nSPS) is 18.1. The van der Waals surface area contributed by atoms with Crippen LogP contribution in [0.2, 0.25) is 0 Å². The van der Waals surface area contributed by atoms with Gasteiger partial charge in [-0.05, 0) is 13.8 Å². The first kappa shape index (κ1) is 16.7. The second-order valence-electron chi connectivity index (χ2n) is 4.50. The van der Waals surface area contributed by atoms with Gasteiger partial charge in [0.15, 0.2) is 6.04 Å². The summed E-state index contributed by atoms with van der Waals surface area (Å²) in [7, 11) is 3.28. The van der Waals surface area contributed by atoms with E-state index in [2.05, 4.69) is 14.2 Å². The molecule has 0 aromatic rings. The molecule has 1 heterocycles. The van der Waals surface area contributed by atoms with E-state index in [-0.39, 0.29) is 5.57 Å². The van der Waals surface area contributed by atoms with Crippen molar-refractivity contribution in [2.75, 3.05) is 21.3 Å². The molecular formula is C13H17NO7. The Morgan fingerprint density at radius 3 is 1.90 bits per heavy atom. The van der Waals surface area contributed by atoms with Crippen molar-refractivity contribution in [1.29, 1.82) is 0 Å². The third kappa shape index (κ3) is 2.74. The zero-order chi connectivity index (χ0) is 16.3. The molecule has 0 aromatic heterocycles. The lowest BCUT2D eigenvalue weighted by Gasteiger charge is -2.27. The summed E-state index contributed by atoms with van der Waals surface area (Å²) in [5.41, 5.74) is -0.872. The quantitative estimate of drug-likeness (QED) is 0.389. The maximum Gasteiger partial charge on any atom is 0.344 e. The van der Waals surface area contributed by atoms with Crippen LogP contribution in [-0.2, 0) is 33.4 Å². The predicted octanol–water partition coefficient (Wildman–Crippen LogP) is -0.579. The number of carbonyl (C=O) groups excluding carboxylic acids is 4. The molecule has 1 amide bonds. The van der Waals surface area contributed by atoms with Gasteiger partial charge < -0.3 is 19.1 Å². The molecule has 0 radical (unpaired) electrons. The summed E-state index contributed by atoms with van der Waals surface area (Å²) in [5.74, 6) is -3.57. The first-order valence-corrected chi connectivity index (χ1v) is 6.13. The topological polar surface area (TPSA) is 99.2 Å². The standard InChI is InChI=1S/C13H17NO7/c1-6(2)14-9(13(18)21-5)7(11(16)19-3)8(10(14)15)12(17)20-4/h6,9H,1-5H3. The van der Waals surface area contributed by atoms with Gasteiger partial charge in [0, 0.05) is 6.04 Å². The van der Waals surface area contributed by atoms with Crippen molar-refractivity contribution in [1.82, 2.24) is 4.90 Å². The highest BCUT2D eigenvalue weighted by Crippen LogP contribution is 2.30. The molecule has 1 unspecified atom stereocenters. The molecule has 0 bridgehead atoms. The Morgan fingerprint density at radius 1 is 1.00 bits per heavy atom. The summed E-state index contributed by atoms with van der Waals surface area (Å²) < 4.78 is 13.7. The fourth-order valence-electron chi connectivity index (χ4n) is 2.14. The Balaban J connectivity index is 3.55. The van der Waals surface area contributed by atoms with Gasteiger partial charge in [-0.1, -0.05) is 0 Å². The van der Waals surface area contributed by atoms with Gasteiger partial charge in [-0.2, -0.15) is 0 Å². The van der Waals surface area contributed by atoms with Gasteiger partial charge in [0.25, 0.3) is 5.91 Å². The van der Waals surface area contributed by atoms with Crippen LogP contribution < -0.4 is 0 Å². The van der Waals surface area contributed by atoms with Crippen LogP contribution in [0.3, 0.4) is 0 Å². The summed E-state index contributed by atoms with van der Waals surface area (Å²) in [5, 5.41) is 0. The Morgan fingerprint density at radius 2 is 1.52 bits per heavy atom. The average molecular weight is 299 g/mol. The molecule has 1 aliphatic rings. The van der Waals surface area contributed by atoms with Crippen LogP contribution in [0.5, 0.6) is 0 Å². The van der Waals surface area contributed by atoms with E-state index < -0.39 is 41.5 Å². The first-order chi connectivity index (χ1) is 9.81. The molecule has 1 aliphatic heterocycles. The Kier molecular flexibility index (Phi) is 5.07. The van der Waals surface area contributed by atoms with Crippen LogP contribution in [0.25, 0.3) is 0 Å². The van der Waals surface area contributed by atoms with E-state index in [4.69, 9.17) is 0 Å². The molecule has 8 nitrogen and oxygen atoms in total. The van der Waals surface area contributed by atoms with Gasteiger partial charge >= 0.3 is 17.9 Å². The van der Waals surface area contributed by atoms with E-state index in [0.717, 1.165) is 26.2 Å². The third-order valence-electron chi connectivity index (χ3n) is 3.04. The fourth-order valence-corrected chi connectivity index (χ4v) is 2.14. The van der Waals surface area contributed by atoms with Gasteiger partial charge in [0.1, 0.15) is 5.57 Å². The first-order valence-electron chi connectivity index (χ1n) is 6.13. The summed E-state index contributed by atoms with van der Waals surface area (Å²) in [6, 6.07) is -1.77. The van der Waals surface area contributed by atoms with E-state index >= 15 is 0 Å². The van der Waals surface area contributed by atoms with Gasteiger partial charge in [-0.25, -0.2) is 14.4 Å². The van der Waals surface area contributed by atoms with Gasteiger partial charge in [0.2, 0.25) is 0 Å². The van der Waals surface area contributed by atoms with E-state index in [1.807, 2.05) is 0 Å². The number of esters is 3. The highest BCUT2D eigenvalue weighted by Gasteiger charge is 2.51. The van der Waals surface area contributed by atoms with E-state index in [9.17, 15) is 19.2 Å². The highest BCUT2D eigenvalue weighted by molar-refractivity contribution is 6.25. The van der Waals surface area contributed by atoms with Crippen LogP contribution in [-0.4, -0.2) is 62.1 Å². The zero-order valence-corrected chi connectivity index (χ0v) is 12.5. The monoisotopic (exact) mass is 299 g/mol. The molecule has 0 saturated carbocycles. The second kappa shape index (κ2) is 6.38. The van der Waals surface area contributed by atoms with Crippen molar-refractivity contribution in [2.45, 2.75) is 25.9 Å². The highest BCUT2D eigenvalue weighted by atomic mass is 16.5. The lowest BCUT2D eigenvalue weighted by molar-refractivity contribution is -0.151. The van der Waals surface area contributed by atoms with Crippen molar-refractivity contribution >= 4 is 23.8 Å². The SMILES string of the molecule is COC(=O)C1=C(C(=O)OC)C(C(=O)OC)N(C(C)C)C1=O. The minimum absolute atomic E-state index is 0.366. The minimum Gasteiger partial charge on any atom is -0.467 e. The molecule has 1 atom stereocenters. The summed E-state index contributed by atoms with van der Waals surface area (Å²) in [6.07, 6.45) is 0. The summed E-state index contributed by atoms with van der Waals surface area (Å²) in [4.78, 5) is 49.1. The molecule has 0 fully saturated rings. The fraction of sp³-hybridized carbons (Fsp3) is 0.538. The van der Waals surface area contributed by atoms with Crippen LogP contribution in [0.15, 0.2) is 11.1 Å². The maximum absolute atomic E-state index is 12.4. The van der Waals surface area contributed by atoms with E-state index in [1.54, 1.807) is 13.8 Å². The zero-order valence-electron chi connectivity index (χ0n) is 12.5. The number of carbonyl (C=O) groups is 4. The molecular weight excluding hydrogens is 282 g/mol. The Bertz CT molecular complexity index is 521. The number of rotatable bonds is 4. The lowest BCUT2D eigenvalue weighted by Crippen LogP contribution is -2.46. The molecule has 1 rings (SSSR count).